The van der Waals surface area contributed by atoms with Crippen molar-refractivity contribution in [3.8, 4) is 11.1 Å². The number of rotatable bonds is 3. The monoisotopic (exact) mass is 359 g/mol. The van der Waals surface area contributed by atoms with E-state index in [9.17, 15) is 4.79 Å². The third-order valence-corrected chi connectivity index (χ3v) is 4.91. The van der Waals surface area contributed by atoms with Crippen LogP contribution in [0.25, 0.3) is 11.1 Å². The predicted molar refractivity (Wildman–Crippen MR) is 104 cm³/mol. The number of amides is 1. The van der Waals surface area contributed by atoms with Crippen LogP contribution in [0.1, 0.15) is 41.4 Å². The summed E-state index contributed by atoms with van der Waals surface area (Å²) in [6.07, 6.45) is 7.91. The Labute approximate surface area is 158 Å². The summed E-state index contributed by atoms with van der Waals surface area (Å²) >= 11 is 0. The van der Waals surface area contributed by atoms with Gasteiger partial charge in [-0.15, -0.1) is 0 Å². The number of nitrogens with two attached hydrogens (primary N) is 1. The molecule has 1 amide bonds. The number of aromatic nitrogens is 3. The number of piperidine rings is 1. The largest absolute Gasteiger partial charge is 0.368 e. The van der Waals surface area contributed by atoms with E-state index in [0.29, 0.717) is 12.1 Å². The molecule has 2 aromatic heterocycles. The zero-order valence-electron chi connectivity index (χ0n) is 15.0. The molecule has 3 aromatic rings. The molecule has 4 rings (SSSR count). The summed E-state index contributed by atoms with van der Waals surface area (Å²) in [6.45, 7) is 0.691. The minimum absolute atomic E-state index is 0.0241. The second kappa shape index (κ2) is 7.53. The van der Waals surface area contributed by atoms with Crippen molar-refractivity contribution in [2.24, 2.45) is 0 Å². The van der Waals surface area contributed by atoms with E-state index in [2.05, 4.69) is 15.0 Å². The summed E-state index contributed by atoms with van der Waals surface area (Å²) in [4.78, 5) is 27.9. The molecular formula is C21H21N5O. The first-order valence-corrected chi connectivity index (χ1v) is 9.13. The van der Waals surface area contributed by atoms with Crippen molar-refractivity contribution in [1.82, 2.24) is 19.9 Å². The molecule has 1 saturated heterocycles. The fourth-order valence-corrected chi connectivity index (χ4v) is 3.62. The first-order chi connectivity index (χ1) is 13.2. The van der Waals surface area contributed by atoms with Crippen LogP contribution in [-0.4, -0.2) is 32.3 Å². The van der Waals surface area contributed by atoms with Gasteiger partial charge in [0.2, 0.25) is 5.95 Å². The number of likely N-dealkylation sites (tertiary alicyclic amines) is 1. The van der Waals surface area contributed by atoms with Crippen molar-refractivity contribution in [1.29, 1.82) is 0 Å². The van der Waals surface area contributed by atoms with Gasteiger partial charge in [-0.1, -0.05) is 30.3 Å². The van der Waals surface area contributed by atoms with E-state index in [-0.39, 0.29) is 17.9 Å². The van der Waals surface area contributed by atoms with E-state index in [0.717, 1.165) is 36.1 Å². The van der Waals surface area contributed by atoms with Gasteiger partial charge in [-0.05, 0) is 37.0 Å². The summed E-state index contributed by atoms with van der Waals surface area (Å²) in [5.41, 5.74) is 9.25. The van der Waals surface area contributed by atoms with Gasteiger partial charge in [-0.3, -0.25) is 9.78 Å². The molecule has 0 spiro atoms. The van der Waals surface area contributed by atoms with Gasteiger partial charge < -0.3 is 10.6 Å². The molecule has 0 saturated carbocycles. The Morgan fingerprint density at radius 2 is 1.93 bits per heavy atom. The highest BCUT2D eigenvalue weighted by molar-refractivity contribution is 5.94. The molecule has 0 unspecified atom stereocenters. The van der Waals surface area contributed by atoms with Gasteiger partial charge in [-0.25, -0.2) is 9.97 Å². The smallest absolute Gasteiger partial charge is 0.255 e. The molecule has 1 aliphatic heterocycles. The molecule has 1 fully saturated rings. The van der Waals surface area contributed by atoms with Crippen LogP contribution in [0.3, 0.4) is 0 Å². The standard InChI is InChI=1S/C21H21N5O/c22-21-24-14-17(15-7-2-1-3-8-15)19(25-21)18-10-4-5-12-26(18)20(27)16-9-6-11-23-13-16/h1-3,6-9,11,13-14,18H,4-5,10,12H2,(H2,22,24,25)/t18-/m1/s1. The lowest BCUT2D eigenvalue weighted by Gasteiger charge is -2.36. The number of nitrogens with zero attached hydrogens (tertiary/aromatic N) is 4. The van der Waals surface area contributed by atoms with Gasteiger partial charge in [0.05, 0.1) is 17.3 Å². The normalized spacial score (nSPS) is 16.9. The summed E-state index contributed by atoms with van der Waals surface area (Å²) in [7, 11) is 0. The van der Waals surface area contributed by atoms with Crippen LogP contribution >= 0.6 is 0 Å². The number of carbonyl (C=O) groups excluding carboxylic acids is 1. The number of benzene rings is 1. The minimum Gasteiger partial charge on any atom is -0.368 e. The van der Waals surface area contributed by atoms with Crippen molar-refractivity contribution >= 4 is 11.9 Å². The van der Waals surface area contributed by atoms with Crippen molar-refractivity contribution < 1.29 is 4.79 Å². The Morgan fingerprint density at radius 3 is 2.70 bits per heavy atom. The Hall–Kier alpha value is -3.28. The lowest BCUT2D eigenvalue weighted by Crippen LogP contribution is -2.39. The van der Waals surface area contributed by atoms with Gasteiger partial charge in [0, 0.05) is 30.7 Å². The quantitative estimate of drug-likeness (QED) is 0.774. The number of anilines is 1. The molecule has 0 bridgehead atoms. The molecule has 6 heteroatoms. The molecule has 0 radical (unpaired) electrons. The van der Waals surface area contributed by atoms with Gasteiger partial charge in [0.25, 0.3) is 5.91 Å². The van der Waals surface area contributed by atoms with Crippen molar-refractivity contribution in [3.05, 3.63) is 72.3 Å². The summed E-state index contributed by atoms with van der Waals surface area (Å²) in [6, 6.07) is 13.4. The van der Waals surface area contributed by atoms with Crippen LogP contribution in [0.4, 0.5) is 5.95 Å². The van der Waals surface area contributed by atoms with Crippen molar-refractivity contribution in [3.63, 3.8) is 0 Å². The molecule has 1 aliphatic rings. The van der Waals surface area contributed by atoms with Crippen LogP contribution < -0.4 is 5.73 Å². The molecule has 6 nitrogen and oxygen atoms in total. The minimum atomic E-state index is -0.132. The third kappa shape index (κ3) is 3.51. The molecular weight excluding hydrogens is 338 g/mol. The van der Waals surface area contributed by atoms with E-state index in [1.165, 1.54) is 0 Å². The number of pyridine rings is 1. The second-order valence-electron chi connectivity index (χ2n) is 6.64. The maximum Gasteiger partial charge on any atom is 0.255 e. The van der Waals surface area contributed by atoms with E-state index in [4.69, 9.17) is 5.73 Å². The number of hydrogen-bond donors (Lipinski definition) is 1. The highest BCUT2D eigenvalue weighted by Crippen LogP contribution is 2.36. The number of nitrogen functional groups attached to an aromatic ring is 1. The predicted octanol–water partition coefficient (Wildman–Crippen LogP) is 3.49. The van der Waals surface area contributed by atoms with E-state index in [1.807, 2.05) is 35.2 Å². The second-order valence-corrected chi connectivity index (χ2v) is 6.64. The molecule has 136 valence electrons. The van der Waals surface area contributed by atoms with Gasteiger partial charge in [0.1, 0.15) is 0 Å². The van der Waals surface area contributed by atoms with Gasteiger partial charge in [-0.2, -0.15) is 0 Å². The van der Waals surface area contributed by atoms with E-state index in [1.54, 1.807) is 30.7 Å². The Balaban J connectivity index is 1.76. The molecule has 1 aromatic carbocycles. The van der Waals surface area contributed by atoms with Crippen molar-refractivity contribution in [2.45, 2.75) is 25.3 Å². The lowest BCUT2D eigenvalue weighted by molar-refractivity contribution is 0.0606. The Kier molecular flexibility index (Phi) is 4.78. The molecule has 1 atom stereocenters. The van der Waals surface area contributed by atoms with E-state index >= 15 is 0 Å². The SMILES string of the molecule is Nc1ncc(-c2ccccc2)c([C@H]2CCCCN2C(=O)c2cccnc2)n1. The molecule has 0 aliphatic carbocycles. The third-order valence-electron chi connectivity index (χ3n) is 4.91. The average molecular weight is 359 g/mol. The van der Waals surface area contributed by atoms with Crippen molar-refractivity contribution in [2.75, 3.05) is 12.3 Å². The zero-order chi connectivity index (χ0) is 18.6. The van der Waals surface area contributed by atoms with Crippen LogP contribution in [0, 0.1) is 0 Å². The average Bonchev–Trinajstić information content (AvgIpc) is 2.74. The van der Waals surface area contributed by atoms with Crippen LogP contribution in [0.15, 0.2) is 61.1 Å². The summed E-state index contributed by atoms with van der Waals surface area (Å²) in [5, 5.41) is 0. The summed E-state index contributed by atoms with van der Waals surface area (Å²) in [5.74, 6) is 0.202. The topological polar surface area (TPSA) is 85.0 Å². The fraction of sp³-hybridized carbons (Fsp3) is 0.238. The van der Waals surface area contributed by atoms with E-state index < -0.39 is 0 Å². The van der Waals surface area contributed by atoms with Crippen LogP contribution in [0.5, 0.6) is 0 Å². The first-order valence-electron chi connectivity index (χ1n) is 9.13. The Bertz CT molecular complexity index is 930. The first kappa shape index (κ1) is 17.1. The number of hydrogen-bond acceptors (Lipinski definition) is 5. The highest BCUT2D eigenvalue weighted by atomic mass is 16.2. The molecule has 2 N–H and O–H groups in total. The van der Waals surface area contributed by atoms with Crippen LogP contribution in [0.2, 0.25) is 0 Å². The number of carbonyl (C=O) groups is 1. The molecule has 27 heavy (non-hydrogen) atoms. The van der Waals surface area contributed by atoms with Gasteiger partial charge >= 0.3 is 0 Å². The maximum absolute atomic E-state index is 13.1. The highest BCUT2D eigenvalue weighted by Gasteiger charge is 2.32. The van der Waals surface area contributed by atoms with Gasteiger partial charge in [0.15, 0.2) is 0 Å². The Morgan fingerprint density at radius 1 is 1.07 bits per heavy atom. The zero-order valence-corrected chi connectivity index (χ0v) is 15.0. The fourth-order valence-electron chi connectivity index (χ4n) is 3.62. The molecule has 3 heterocycles. The van der Waals surface area contributed by atoms with Crippen LogP contribution in [-0.2, 0) is 0 Å². The maximum atomic E-state index is 13.1. The summed E-state index contributed by atoms with van der Waals surface area (Å²) < 4.78 is 0. The lowest BCUT2D eigenvalue weighted by atomic mass is 9.93.